The third-order valence-electron chi connectivity index (χ3n) is 6.62. The standard InChI is InChI=1S/C26H28FN5O2/c27-19-10-12-21(13-11-19)32-23-9-5-4-8-22(23)25(29-32)26(34)28-18-24(33)31-16-14-30(15-17-31)20-6-2-1-3-7-20/h1-3,6-7,10-13H,4-5,8-9,14-18H2,(H,28,34). The molecule has 0 saturated carbocycles. The van der Waals surface area contributed by atoms with Crippen LogP contribution >= 0.6 is 0 Å². The molecule has 2 amide bonds. The van der Waals surface area contributed by atoms with Gasteiger partial charge in [0.25, 0.3) is 5.91 Å². The number of benzene rings is 2. The van der Waals surface area contributed by atoms with Crippen molar-refractivity contribution in [1.29, 1.82) is 0 Å². The van der Waals surface area contributed by atoms with Gasteiger partial charge in [0.15, 0.2) is 5.69 Å². The summed E-state index contributed by atoms with van der Waals surface area (Å²) in [6.07, 6.45) is 3.60. The normalized spacial score (nSPS) is 15.7. The zero-order valence-electron chi connectivity index (χ0n) is 19.0. The summed E-state index contributed by atoms with van der Waals surface area (Å²) in [5, 5.41) is 7.36. The average Bonchev–Trinajstić information content (AvgIpc) is 3.28. The quantitative estimate of drug-likeness (QED) is 0.634. The number of rotatable bonds is 5. The Balaban J connectivity index is 1.23. The predicted molar refractivity (Wildman–Crippen MR) is 128 cm³/mol. The maximum atomic E-state index is 13.4. The summed E-state index contributed by atoms with van der Waals surface area (Å²) in [6, 6.07) is 16.3. The molecular weight excluding hydrogens is 433 g/mol. The molecule has 0 unspecified atom stereocenters. The summed E-state index contributed by atoms with van der Waals surface area (Å²) >= 11 is 0. The van der Waals surface area contributed by atoms with Crippen LogP contribution in [-0.4, -0.2) is 59.2 Å². The Bertz CT molecular complexity index is 1170. The number of halogens is 1. The number of fused-ring (bicyclic) bond motifs is 1. The van der Waals surface area contributed by atoms with Gasteiger partial charge >= 0.3 is 0 Å². The number of carbonyl (C=O) groups excluding carboxylic acids is 2. The lowest BCUT2D eigenvalue weighted by atomic mass is 9.95. The van der Waals surface area contributed by atoms with E-state index in [0.717, 1.165) is 61.4 Å². The van der Waals surface area contributed by atoms with E-state index < -0.39 is 0 Å². The van der Waals surface area contributed by atoms with E-state index in [1.807, 2.05) is 18.2 Å². The highest BCUT2D eigenvalue weighted by molar-refractivity contribution is 5.96. The fraction of sp³-hybridized carbons (Fsp3) is 0.346. The molecule has 2 heterocycles. The van der Waals surface area contributed by atoms with Crippen LogP contribution in [0.3, 0.4) is 0 Å². The Labute approximate surface area is 198 Å². The van der Waals surface area contributed by atoms with Gasteiger partial charge in [0, 0.05) is 43.1 Å². The first-order valence-electron chi connectivity index (χ1n) is 11.8. The Morgan fingerprint density at radius 1 is 0.882 bits per heavy atom. The monoisotopic (exact) mass is 461 g/mol. The molecule has 1 N–H and O–H groups in total. The number of hydrogen-bond donors (Lipinski definition) is 1. The second kappa shape index (κ2) is 9.67. The van der Waals surface area contributed by atoms with Crippen molar-refractivity contribution in [3.05, 3.63) is 77.4 Å². The Morgan fingerprint density at radius 2 is 1.59 bits per heavy atom. The van der Waals surface area contributed by atoms with Crippen molar-refractivity contribution in [1.82, 2.24) is 20.0 Å². The first-order valence-corrected chi connectivity index (χ1v) is 11.8. The maximum absolute atomic E-state index is 13.4. The summed E-state index contributed by atoms with van der Waals surface area (Å²) < 4.78 is 15.1. The Hall–Kier alpha value is -3.68. The smallest absolute Gasteiger partial charge is 0.272 e. The highest BCUT2D eigenvalue weighted by Crippen LogP contribution is 2.27. The molecule has 8 heteroatoms. The van der Waals surface area contributed by atoms with Crippen LogP contribution in [0, 0.1) is 5.82 Å². The lowest BCUT2D eigenvalue weighted by molar-refractivity contribution is -0.130. The van der Waals surface area contributed by atoms with Crippen LogP contribution in [0.15, 0.2) is 54.6 Å². The molecule has 1 aliphatic carbocycles. The van der Waals surface area contributed by atoms with E-state index in [4.69, 9.17) is 0 Å². The average molecular weight is 462 g/mol. The third kappa shape index (κ3) is 4.53. The molecule has 7 nitrogen and oxygen atoms in total. The number of carbonyl (C=O) groups is 2. The lowest BCUT2D eigenvalue weighted by Gasteiger charge is -2.36. The van der Waals surface area contributed by atoms with Gasteiger partial charge < -0.3 is 15.1 Å². The van der Waals surface area contributed by atoms with Gasteiger partial charge in [-0.05, 0) is 62.1 Å². The summed E-state index contributed by atoms with van der Waals surface area (Å²) in [7, 11) is 0. The zero-order valence-corrected chi connectivity index (χ0v) is 19.0. The topological polar surface area (TPSA) is 70.5 Å². The summed E-state index contributed by atoms with van der Waals surface area (Å²) in [6.45, 7) is 2.72. The molecule has 1 aliphatic heterocycles. The molecule has 1 aromatic heterocycles. The molecule has 5 rings (SSSR count). The van der Waals surface area contributed by atoms with E-state index in [-0.39, 0.29) is 24.2 Å². The van der Waals surface area contributed by atoms with E-state index >= 15 is 0 Å². The molecule has 2 aliphatic rings. The second-order valence-corrected chi connectivity index (χ2v) is 8.76. The Kier molecular flexibility index (Phi) is 6.29. The summed E-state index contributed by atoms with van der Waals surface area (Å²) in [5.41, 5.74) is 4.17. The van der Waals surface area contributed by atoms with Gasteiger partial charge in [0.1, 0.15) is 5.82 Å². The number of amides is 2. The lowest BCUT2D eigenvalue weighted by Crippen LogP contribution is -2.51. The molecule has 0 bridgehead atoms. The number of para-hydroxylation sites is 1. The van der Waals surface area contributed by atoms with Crippen molar-refractivity contribution >= 4 is 17.5 Å². The highest BCUT2D eigenvalue weighted by Gasteiger charge is 2.27. The molecule has 2 aromatic carbocycles. The van der Waals surface area contributed by atoms with Crippen molar-refractivity contribution in [2.75, 3.05) is 37.6 Å². The second-order valence-electron chi connectivity index (χ2n) is 8.76. The van der Waals surface area contributed by atoms with Crippen molar-refractivity contribution in [2.45, 2.75) is 25.7 Å². The summed E-state index contributed by atoms with van der Waals surface area (Å²) in [5.74, 6) is -0.742. The molecule has 0 atom stereocenters. The van der Waals surface area contributed by atoms with Gasteiger partial charge in [0.2, 0.25) is 5.91 Å². The molecule has 1 fully saturated rings. The zero-order chi connectivity index (χ0) is 23.5. The minimum Gasteiger partial charge on any atom is -0.368 e. The molecule has 0 radical (unpaired) electrons. The van der Waals surface area contributed by atoms with Crippen LogP contribution in [0.5, 0.6) is 0 Å². The predicted octanol–water partition coefficient (Wildman–Crippen LogP) is 2.97. The fourth-order valence-corrected chi connectivity index (χ4v) is 4.78. The Morgan fingerprint density at radius 3 is 2.32 bits per heavy atom. The molecule has 1 saturated heterocycles. The van der Waals surface area contributed by atoms with E-state index in [9.17, 15) is 14.0 Å². The van der Waals surface area contributed by atoms with Gasteiger partial charge in [-0.2, -0.15) is 5.10 Å². The minimum atomic E-state index is -0.338. The number of nitrogens with one attached hydrogen (secondary N) is 1. The molecule has 176 valence electrons. The van der Waals surface area contributed by atoms with Crippen LogP contribution in [0.4, 0.5) is 10.1 Å². The number of hydrogen-bond acceptors (Lipinski definition) is 4. The van der Waals surface area contributed by atoms with Gasteiger partial charge in [-0.15, -0.1) is 0 Å². The van der Waals surface area contributed by atoms with E-state index in [2.05, 4.69) is 27.4 Å². The number of aromatic nitrogens is 2. The fourth-order valence-electron chi connectivity index (χ4n) is 4.78. The van der Waals surface area contributed by atoms with E-state index in [0.29, 0.717) is 18.8 Å². The van der Waals surface area contributed by atoms with Crippen molar-refractivity contribution in [3.8, 4) is 5.69 Å². The molecule has 0 spiro atoms. The first-order chi connectivity index (χ1) is 16.6. The van der Waals surface area contributed by atoms with Crippen LogP contribution in [0.25, 0.3) is 5.69 Å². The van der Waals surface area contributed by atoms with Gasteiger partial charge in [0.05, 0.1) is 12.2 Å². The first kappa shape index (κ1) is 22.1. The maximum Gasteiger partial charge on any atom is 0.272 e. The number of piperazine rings is 1. The minimum absolute atomic E-state index is 0.0532. The van der Waals surface area contributed by atoms with Crippen LogP contribution in [-0.2, 0) is 17.6 Å². The van der Waals surface area contributed by atoms with Crippen molar-refractivity contribution in [2.24, 2.45) is 0 Å². The summed E-state index contributed by atoms with van der Waals surface area (Å²) in [4.78, 5) is 29.8. The van der Waals surface area contributed by atoms with E-state index in [1.165, 1.54) is 12.1 Å². The molecule has 34 heavy (non-hydrogen) atoms. The van der Waals surface area contributed by atoms with Gasteiger partial charge in [-0.3, -0.25) is 9.59 Å². The third-order valence-corrected chi connectivity index (χ3v) is 6.62. The largest absolute Gasteiger partial charge is 0.368 e. The van der Waals surface area contributed by atoms with E-state index in [1.54, 1.807) is 21.7 Å². The van der Waals surface area contributed by atoms with Gasteiger partial charge in [-0.25, -0.2) is 9.07 Å². The molecule has 3 aromatic rings. The SMILES string of the molecule is O=C(NCC(=O)N1CCN(c2ccccc2)CC1)c1nn(-c2ccc(F)cc2)c2c1CCCC2. The highest BCUT2D eigenvalue weighted by atomic mass is 19.1. The van der Waals surface area contributed by atoms with Gasteiger partial charge in [-0.1, -0.05) is 18.2 Å². The molecular formula is C26H28FN5O2. The number of anilines is 1. The van der Waals surface area contributed by atoms with Crippen molar-refractivity contribution < 1.29 is 14.0 Å². The number of nitrogens with zero attached hydrogens (tertiary/aromatic N) is 4. The van der Waals surface area contributed by atoms with Crippen molar-refractivity contribution in [3.63, 3.8) is 0 Å². The van der Waals surface area contributed by atoms with Crippen LogP contribution < -0.4 is 10.2 Å². The van der Waals surface area contributed by atoms with Crippen LogP contribution in [0.2, 0.25) is 0 Å². The van der Waals surface area contributed by atoms with Crippen LogP contribution in [0.1, 0.15) is 34.6 Å².